The first-order valence-electron chi connectivity index (χ1n) is 5.81. The van der Waals surface area contributed by atoms with Crippen molar-refractivity contribution in [3.05, 3.63) is 29.8 Å². The van der Waals surface area contributed by atoms with Gasteiger partial charge in [0.2, 0.25) is 5.91 Å². The lowest BCUT2D eigenvalue weighted by Gasteiger charge is -2.07. The molecule has 1 rings (SSSR count). The minimum atomic E-state index is -0.949. The Kier molecular flexibility index (Phi) is 5.49. The van der Waals surface area contributed by atoms with Crippen LogP contribution in [0.5, 0.6) is 5.75 Å². The van der Waals surface area contributed by atoms with Crippen LogP contribution in [0.25, 0.3) is 0 Å². The molecule has 0 heterocycles. The summed E-state index contributed by atoms with van der Waals surface area (Å²) >= 11 is 0. The molecule has 0 fully saturated rings. The van der Waals surface area contributed by atoms with Crippen LogP contribution in [0.2, 0.25) is 0 Å². The Morgan fingerprint density at radius 1 is 1.41 bits per heavy atom. The molecule has 0 radical (unpaired) electrons. The summed E-state index contributed by atoms with van der Waals surface area (Å²) in [5.74, 6) is 0.514. The Morgan fingerprint density at radius 3 is 2.59 bits per heavy atom. The van der Waals surface area contributed by atoms with Crippen molar-refractivity contribution >= 4 is 5.91 Å². The molecule has 0 aliphatic heterocycles. The van der Waals surface area contributed by atoms with Crippen LogP contribution in [0, 0.1) is 0 Å². The number of aliphatic hydroxyl groups is 1. The Labute approximate surface area is 102 Å². The third-order valence-electron chi connectivity index (χ3n) is 2.33. The fourth-order valence-electron chi connectivity index (χ4n) is 1.40. The van der Waals surface area contributed by atoms with Crippen molar-refractivity contribution in [2.75, 3.05) is 13.2 Å². The second-order valence-electron chi connectivity index (χ2n) is 3.79. The zero-order valence-corrected chi connectivity index (χ0v) is 10.3. The Balaban J connectivity index is 2.34. The van der Waals surface area contributed by atoms with Crippen LogP contribution in [0.15, 0.2) is 24.3 Å². The van der Waals surface area contributed by atoms with Gasteiger partial charge < -0.3 is 15.2 Å². The van der Waals surface area contributed by atoms with E-state index in [1.165, 1.54) is 6.92 Å². The van der Waals surface area contributed by atoms with Crippen LogP contribution in [0.1, 0.15) is 19.4 Å². The van der Waals surface area contributed by atoms with Crippen LogP contribution >= 0.6 is 0 Å². The summed E-state index contributed by atoms with van der Waals surface area (Å²) in [6, 6.07) is 7.77. The van der Waals surface area contributed by atoms with Crippen molar-refractivity contribution in [3.63, 3.8) is 0 Å². The van der Waals surface area contributed by atoms with Crippen molar-refractivity contribution in [1.82, 2.24) is 5.32 Å². The van der Waals surface area contributed by atoms with E-state index in [0.717, 1.165) is 17.7 Å². The number of rotatable bonds is 6. The average molecular weight is 237 g/mol. The molecule has 0 spiro atoms. The first-order valence-corrected chi connectivity index (χ1v) is 5.81. The van der Waals surface area contributed by atoms with E-state index >= 15 is 0 Å². The molecular formula is C13H19NO3. The maximum atomic E-state index is 11.1. The minimum absolute atomic E-state index is 0.337. The summed E-state index contributed by atoms with van der Waals surface area (Å²) in [5.41, 5.74) is 1.12. The van der Waals surface area contributed by atoms with Crippen LogP contribution in [-0.4, -0.2) is 30.3 Å². The fourth-order valence-corrected chi connectivity index (χ4v) is 1.40. The molecule has 1 aromatic carbocycles. The lowest BCUT2D eigenvalue weighted by Crippen LogP contribution is -2.33. The predicted octanol–water partition coefficient (Wildman–Crippen LogP) is 1.12. The SMILES string of the molecule is CCOc1ccc(CCNC(=O)[C@@H](C)O)cc1. The van der Waals surface area contributed by atoms with Gasteiger partial charge in [-0.2, -0.15) is 0 Å². The van der Waals surface area contributed by atoms with E-state index in [9.17, 15) is 4.79 Å². The number of aliphatic hydroxyl groups excluding tert-OH is 1. The molecule has 4 nitrogen and oxygen atoms in total. The molecule has 4 heteroatoms. The number of hydrogen-bond acceptors (Lipinski definition) is 3. The first kappa shape index (κ1) is 13.5. The van der Waals surface area contributed by atoms with Crippen LogP contribution in [-0.2, 0) is 11.2 Å². The summed E-state index contributed by atoms with van der Waals surface area (Å²) in [6.45, 7) is 4.58. The number of amides is 1. The Hall–Kier alpha value is -1.55. The van der Waals surface area contributed by atoms with Gasteiger partial charge in [0.25, 0.3) is 0 Å². The van der Waals surface area contributed by atoms with E-state index in [-0.39, 0.29) is 5.91 Å². The lowest BCUT2D eigenvalue weighted by atomic mass is 10.1. The molecule has 0 saturated carbocycles. The maximum absolute atomic E-state index is 11.1. The van der Waals surface area contributed by atoms with Crippen LogP contribution in [0.3, 0.4) is 0 Å². The summed E-state index contributed by atoms with van der Waals surface area (Å²) in [7, 11) is 0. The number of carbonyl (C=O) groups excluding carboxylic acids is 1. The summed E-state index contributed by atoms with van der Waals surface area (Å²) < 4.78 is 5.33. The van der Waals surface area contributed by atoms with Crippen LogP contribution in [0.4, 0.5) is 0 Å². The molecule has 17 heavy (non-hydrogen) atoms. The zero-order valence-electron chi connectivity index (χ0n) is 10.3. The van der Waals surface area contributed by atoms with Crippen molar-refractivity contribution in [2.24, 2.45) is 0 Å². The highest BCUT2D eigenvalue weighted by Crippen LogP contribution is 2.12. The smallest absolute Gasteiger partial charge is 0.248 e. The van der Waals surface area contributed by atoms with E-state index in [4.69, 9.17) is 9.84 Å². The number of hydrogen-bond donors (Lipinski definition) is 2. The molecule has 2 N–H and O–H groups in total. The number of ether oxygens (including phenoxy) is 1. The number of nitrogens with one attached hydrogen (secondary N) is 1. The van der Waals surface area contributed by atoms with Crippen molar-refractivity contribution in [2.45, 2.75) is 26.4 Å². The highest BCUT2D eigenvalue weighted by Gasteiger charge is 2.06. The Morgan fingerprint density at radius 2 is 2.06 bits per heavy atom. The number of carbonyl (C=O) groups is 1. The second-order valence-corrected chi connectivity index (χ2v) is 3.79. The molecule has 1 amide bonds. The molecule has 1 aromatic rings. The molecule has 0 aliphatic rings. The molecular weight excluding hydrogens is 218 g/mol. The fraction of sp³-hybridized carbons (Fsp3) is 0.462. The Bertz CT molecular complexity index is 346. The maximum Gasteiger partial charge on any atom is 0.248 e. The third kappa shape index (κ3) is 4.87. The molecule has 0 saturated heterocycles. The number of benzene rings is 1. The molecule has 0 aliphatic carbocycles. The van der Waals surface area contributed by atoms with Gasteiger partial charge in [-0.3, -0.25) is 4.79 Å². The average Bonchev–Trinajstić information content (AvgIpc) is 2.31. The van der Waals surface area contributed by atoms with Gasteiger partial charge in [-0.15, -0.1) is 0 Å². The zero-order chi connectivity index (χ0) is 12.7. The summed E-state index contributed by atoms with van der Waals surface area (Å²) in [6.07, 6.45) is -0.208. The van der Waals surface area contributed by atoms with E-state index in [0.29, 0.717) is 13.2 Å². The van der Waals surface area contributed by atoms with Crippen molar-refractivity contribution in [3.8, 4) is 5.75 Å². The molecule has 0 unspecified atom stereocenters. The van der Waals surface area contributed by atoms with Gasteiger partial charge in [-0.25, -0.2) is 0 Å². The van der Waals surface area contributed by atoms with E-state index in [2.05, 4.69) is 5.32 Å². The van der Waals surface area contributed by atoms with E-state index in [1.54, 1.807) is 0 Å². The molecule has 94 valence electrons. The molecule has 0 bridgehead atoms. The summed E-state index contributed by atoms with van der Waals surface area (Å²) in [5, 5.41) is 11.6. The minimum Gasteiger partial charge on any atom is -0.494 e. The molecule has 1 atom stereocenters. The second kappa shape index (κ2) is 6.91. The highest BCUT2D eigenvalue weighted by atomic mass is 16.5. The highest BCUT2D eigenvalue weighted by molar-refractivity contribution is 5.79. The van der Waals surface area contributed by atoms with Gasteiger partial charge in [0.1, 0.15) is 11.9 Å². The van der Waals surface area contributed by atoms with Gasteiger partial charge in [0.15, 0.2) is 0 Å². The largest absolute Gasteiger partial charge is 0.494 e. The van der Waals surface area contributed by atoms with Crippen LogP contribution < -0.4 is 10.1 Å². The van der Waals surface area contributed by atoms with Gasteiger partial charge >= 0.3 is 0 Å². The van der Waals surface area contributed by atoms with E-state index in [1.807, 2.05) is 31.2 Å². The first-order chi connectivity index (χ1) is 8.13. The van der Waals surface area contributed by atoms with Gasteiger partial charge in [-0.05, 0) is 38.0 Å². The van der Waals surface area contributed by atoms with E-state index < -0.39 is 6.10 Å². The van der Waals surface area contributed by atoms with Gasteiger partial charge in [0.05, 0.1) is 6.61 Å². The van der Waals surface area contributed by atoms with Gasteiger partial charge in [-0.1, -0.05) is 12.1 Å². The normalized spacial score (nSPS) is 11.9. The lowest BCUT2D eigenvalue weighted by molar-refractivity contribution is -0.128. The van der Waals surface area contributed by atoms with Gasteiger partial charge in [0, 0.05) is 6.54 Å². The van der Waals surface area contributed by atoms with Crippen molar-refractivity contribution < 1.29 is 14.6 Å². The quantitative estimate of drug-likeness (QED) is 0.779. The van der Waals surface area contributed by atoms with Crippen molar-refractivity contribution in [1.29, 1.82) is 0 Å². The topological polar surface area (TPSA) is 58.6 Å². The molecule has 0 aromatic heterocycles. The monoisotopic (exact) mass is 237 g/mol. The predicted molar refractivity (Wildman–Crippen MR) is 66.0 cm³/mol. The summed E-state index contributed by atoms with van der Waals surface area (Å²) in [4.78, 5) is 11.1. The third-order valence-corrected chi connectivity index (χ3v) is 2.33. The standard InChI is InChI=1S/C13H19NO3/c1-3-17-12-6-4-11(5-7-12)8-9-14-13(16)10(2)15/h4-7,10,15H,3,8-9H2,1-2H3,(H,14,16)/t10-/m1/s1.